The summed E-state index contributed by atoms with van der Waals surface area (Å²) in [5.41, 5.74) is 0.610. The molecule has 4 heteroatoms. The van der Waals surface area contributed by atoms with Crippen molar-refractivity contribution >= 4 is 11.6 Å². The Kier molecular flexibility index (Phi) is 3.12. The smallest absolute Gasteiger partial charge is 0.222 e. The molecule has 0 aromatic carbocycles. The van der Waals surface area contributed by atoms with Gasteiger partial charge in [-0.2, -0.15) is 0 Å². The number of halogens is 1. The van der Waals surface area contributed by atoms with Crippen molar-refractivity contribution in [3.05, 3.63) is 22.7 Å². The van der Waals surface area contributed by atoms with E-state index in [1.54, 1.807) is 20.0 Å². The first-order valence-corrected chi connectivity index (χ1v) is 4.95. The van der Waals surface area contributed by atoms with Gasteiger partial charge in [-0.1, -0.05) is 13.8 Å². The quantitative estimate of drug-likeness (QED) is 0.770. The number of hydrogen-bond acceptors (Lipinski definition) is 3. The summed E-state index contributed by atoms with van der Waals surface area (Å²) >= 11 is 5.71. The van der Waals surface area contributed by atoms with Gasteiger partial charge in [0.1, 0.15) is 0 Å². The van der Waals surface area contributed by atoms with E-state index in [0.717, 1.165) is 11.3 Å². The first-order valence-electron chi connectivity index (χ1n) is 4.57. The molecule has 0 amide bonds. The van der Waals surface area contributed by atoms with Gasteiger partial charge in [-0.15, -0.1) is 0 Å². The fraction of sp³-hybridized carbons (Fsp3) is 0.600. The predicted molar refractivity (Wildman–Crippen MR) is 56.4 cm³/mol. The minimum absolute atomic E-state index is 0.219. The topological polar surface area (TPSA) is 46.0 Å². The molecule has 78 valence electrons. The summed E-state index contributed by atoms with van der Waals surface area (Å²) in [6.07, 6.45) is 1.59. The van der Waals surface area contributed by atoms with Crippen LogP contribution in [-0.4, -0.2) is 15.1 Å². The zero-order chi connectivity index (χ0) is 10.9. The average molecular weight is 215 g/mol. The largest absolute Gasteiger partial charge is 0.386 e. The Morgan fingerprint density at radius 3 is 2.43 bits per heavy atom. The second-order valence-electron chi connectivity index (χ2n) is 4.15. The Hall–Kier alpha value is -0.670. The van der Waals surface area contributed by atoms with E-state index in [1.807, 2.05) is 13.8 Å². The first kappa shape index (κ1) is 11.4. The molecule has 1 aromatic heterocycles. The Bertz CT molecular complexity index is 331. The highest BCUT2D eigenvalue weighted by molar-refractivity contribution is 6.28. The van der Waals surface area contributed by atoms with Crippen LogP contribution in [0, 0.1) is 0 Å². The molecule has 1 heterocycles. The third-order valence-electron chi connectivity index (χ3n) is 1.99. The highest BCUT2D eigenvalue weighted by Gasteiger charge is 2.23. The summed E-state index contributed by atoms with van der Waals surface area (Å²) in [4.78, 5) is 8.02. The normalized spacial score (nSPS) is 12.2. The lowest BCUT2D eigenvalue weighted by Gasteiger charge is -2.21. The van der Waals surface area contributed by atoms with Gasteiger partial charge in [0, 0.05) is 11.8 Å². The number of rotatable bonds is 2. The molecule has 1 N–H and O–H groups in total. The van der Waals surface area contributed by atoms with Gasteiger partial charge in [0.25, 0.3) is 0 Å². The molecule has 1 aromatic rings. The van der Waals surface area contributed by atoms with Crippen molar-refractivity contribution in [2.75, 3.05) is 0 Å². The summed E-state index contributed by atoms with van der Waals surface area (Å²) in [7, 11) is 0. The predicted octanol–water partition coefficient (Wildman–Crippen LogP) is 2.48. The lowest BCUT2D eigenvalue weighted by atomic mass is 9.93. The molecule has 0 atom stereocenters. The van der Waals surface area contributed by atoms with Gasteiger partial charge >= 0.3 is 0 Å². The van der Waals surface area contributed by atoms with E-state index in [1.165, 1.54) is 0 Å². The minimum atomic E-state index is -0.926. The van der Waals surface area contributed by atoms with Crippen LogP contribution < -0.4 is 0 Å². The number of nitrogens with zero attached hydrogens (tertiary/aromatic N) is 2. The average Bonchev–Trinajstić information content (AvgIpc) is 2.01. The summed E-state index contributed by atoms with van der Waals surface area (Å²) in [6, 6.07) is 0. The van der Waals surface area contributed by atoms with E-state index in [-0.39, 0.29) is 11.2 Å². The summed E-state index contributed by atoms with van der Waals surface area (Å²) in [6.45, 7) is 7.44. The first-order chi connectivity index (χ1) is 6.32. The molecular weight excluding hydrogens is 200 g/mol. The Morgan fingerprint density at radius 2 is 2.00 bits per heavy atom. The maximum atomic E-state index is 9.89. The maximum Gasteiger partial charge on any atom is 0.222 e. The zero-order valence-electron chi connectivity index (χ0n) is 8.87. The van der Waals surface area contributed by atoms with Gasteiger partial charge in [-0.3, -0.25) is 0 Å². The Labute approximate surface area is 89.2 Å². The number of aliphatic hydroxyl groups is 1. The van der Waals surface area contributed by atoms with Crippen LogP contribution in [0.4, 0.5) is 0 Å². The van der Waals surface area contributed by atoms with Crippen LogP contribution in [0.15, 0.2) is 6.20 Å². The van der Waals surface area contributed by atoms with Gasteiger partial charge in [0.05, 0.1) is 11.3 Å². The molecule has 0 aliphatic carbocycles. The van der Waals surface area contributed by atoms with Crippen LogP contribution in [-0.2, 0) is 5.60 Å². The molecule has 0 bridgehead atoms. The molecule has 0 radical (unpaired) electrons. The lowest BCUT2D eigenvalue weighted by Crippen LogP contribution is -2.20. The van der Waals surface area contributed by atoms with E-state index in [9.17, 15) is 5.11 Å². The summed E-state index contributed by atoms with van der Waals surface area (Å²) < 4.78 is 0. The second-order valence-corrected chi connectivity index (χ2v) is 4.49. The molecule has 0 aliphatic rings. The van der Waals surface area contributed by atoms with Crippen LogP contribution in [0.2, 0.25) is 5.28 Å². The lowest BCUT2D eigenvalue weighted by molar-refractivity contribution is 0.0764. The molecule has 1 rings (SSSR count). The van der Waals surface area contributed by atoms with Crippen molar-refractivity contribution < 1.29 is 5.11 Å². The molecule has 0 unspecified atom stereocenters. The van der Waals surface area contributed by atoms with Crippen molar-refractivity contribution in [3.63, 3.8) is 0 Å². The maximum absolute atomic E-state index is 9.89. The van der Waals surface area contributed by atoms with Gasteiger partial charge in [0.15, 0.2) is 0 Å². The third kappa shape index (κ3) is 2.42. The van der Waals surface area contributed by atoms with Crippen molar-refractivity contribution in [2.45, 2.75) is 39.2 Å². The van der Waals surface area contributed by atoms with Crippen LogP contribution in [0.1, 0.15) is 44.9 Å². The van der Waals surface area contributed by atoms with E-state index >= 15 is 0 Å². The summed E-state index contributed by atoms with van der Waals surface area (Å²) in [5.74, 6) is 0.219. The second kappa shape index (κ2) is 3.83. The van der Waals surface area contributed by atoms with E-state index in [0.29, 0.717) is 0 Å². The molecule has 0 fully saturated rings. The molecule has 0 saturated carbocycles. The molecule has 0 spiro atoms. The van der Waals surface area contributed by atoms with Gasteiger partial charge in [-0.25, -0.2) is 9.97 Å². The molecule has 3 nitrogen and oxygen atoms in total. The molecule has 0 aliphatic heterocycles. The molecule has 0 saturated heterocycles. The fourth-order valence-electron chi connectivity index (χ4n) is 1.28. The fourth-order valence-corrected chi connectivity index (χ4v) is 1.42. The van der Waals surface area contributed by atoms with Gasteiger partial charge in [0.2, 0.25) is 5.28 Å². The van der Waals surface area contributed by atoms with Gasteiger partial charge < -0.3 is 5.11 Å². The van der Waals surface area contributed by atoms with Crippen LogP contribution in [0.25, 0.3) is 0 Å². The Morgan fingerprint density at radius 1 is 1.43 bits per heavy atom. The van der Waals surface area contributed by atoms with Crippen molar-refractivity contribution in [2.24, 2.45) is 0 Å². The highest BCUT2D eigenvalue weighted by Crippen LogP contribution is 2.27. The van der Waals surface area contributed by atoms with Crippen LogP contribution in [0.3, 0.4) is 0 Å². The molecule has 14 heavy (non-hydrogen) atoms. The third-order valence-corrected chi connectivity index (χ3v) is 2.18. The summed E-state index contributed by atoms with van der Waals surface area (Å²) in [5, 5.41) is 10.1. The van der Waals surface area contributed by atoms with Crippen molar-refractivity contribution in [1.82, 2.24) is 9.97 Å². The van der Waals surface area contributed by atoms with Crippen molar-refractivity contribution in [3.8, 4) is 0 Å². The van der Waals surface area contributed by atoms with Crippen molar-refractivity contribution in [1.29, 1.82) is 0 Å². The highest BCUT2D eigenvalue weighted by atomic mass is 35.5. The monoisotopic (exact) mass is 214 g/mol. The Balaban J connectivity index is 3.29. The number of hydrogen-bond donors (Lipinski definition) is 1. The van der Waals surface area contributed by atoms with Crippen LogP contribution in [0.5, 0.6) is 0 Å². The van der Waals surface area contributed by atoms with E-state index < -0.39 is 5.60 Å². The van der Waals surface area contributed by atoms with Crippen LogP contribution >= 0.6 is 11.6 Å². The van der Waals surface area contributed by atoms with Gasteiger partial charge in [-0.05, 0) is 31.4 Å². The minimum Gasteiger partial charge on any atom is -0.386 e. The number of aromatic nitrogens is 2. The zero-order valence-corrected chi connectivity index (χ0v) is 9.63. The standard InChI is InChI=1S/C10H15ClN2O/c1-6(2)8-7(10(3,4)14)5-12-9(11)13-8/h5-6,14H,1-4H3. The molecular formula is C10H15ClN2O. The van der Waals surface area contributed by atoms with E-state index in [2.05, 4.69) is 9.97 Å². The SMILES string of the molecule is CC(C)c1nc(Cl)ncc1C(C)(C)O. The van der Waals surface area contributed by atoms with E-state index in [4.69, 9.17) is 11.6 Å².